The van der Waals surface area contributed by atoms with Crippen molar-refractivity contribution in [1.82, 2.24) is 5.32 Å². The van der Waals surface area contributed by atoms with E-state index in [1.54, 1.807) is 12.1 Å². The quantitative estimate of drug-likeness (QED) is 0.892. The first-order valence-corrected chi connectivity index (χ1v) is 7.54. The summed E-state index contributed by atoms with van der Waals surface area (Å²) in [5.41, 5.74) is 2.62. The number of benzene rings is 2. The summed E-state index contributed by atoms with van der Waals surface area (Å²) in [5, 5.41) is 12.9. The van der Waals surface area contributed by atoms with E-state index in [9.17, 15) is 5.11 Å². The Balaban J connectivity index is 1.69. The monoisotopic (exact) mass is 271 g/mol. The molecule has 0 aromatic heterocycles. The molecule has 0 saturated heterocycles. The maximum absolute atomic E-state index is 9.28. The lowest BCUT2D eigenvalue weighted by Crippen LogP contribution is -2.24. The third kappa shape index (κ3) is 2.94. The van der Waals surface area contributed by atoms with Crippen molar-refractivity contribution in [3.63, 3.8) is 0 Å². The first kappa shape index (κ1) is 12.6. The molecule has 3 heteroatoms. The average Bonchev–Trinajstić information content (AvgIpc) is 2.47. The van der Waals surface area contributed by atoms with Crippen LogP contribution in [0.25, 0.3) is 0 Å². The minimum absolute atomic E-state index is 0.322. The fourth-order valence-electron chi connectivity index (χ4n) is 2.41. The fourth-order valence-corrected chi connectivity index (χ4v) is 3.53. The molecule has 19 heavy (non-hydrogen) atoms. The first-order chi connectivity index (χ1) is 9.33. The molecule has 1 aliphatic heterocycles. The zero-order valence-electron chi connectivity index (χ0n) is 10.7. The zero-order valence-corrected chi connectivity index (χ0v) is 11.5. The summed E-state index contributed by atoms with van der Waals surface area (Å²) in [7, 11) is 0. The first-order valence-electron chi connectivity index (χ1n) is 6.56. The molecule has 3 rings (SSSR count). The molecule has 0 amide bonds. The lowest BCUT2D eigenvalue weighted by Gasteiger charge is -2.26. The van der Waals surface area contributed by atoms with Crippen LogP contribution in [-0.4, -0.2) is 10.9 Å². The van der Waals surface area contributed by atoms with E-state index in [2.05, 4.69) is 29.6 Å². The Morgan fingerprint density at radius 1 is 1.11 bits per heavy atom. The number of phenolic OH excluding ortho intramolecular Hbond substituents is 1. The largest absolute Gasteiger partial charge is 0.508 e. The summed E-state index contributed by atoms with van der Waals surface area (Å²) < 4.78 is 0. The second-order valence-electron chi connectivity index (χ2n) is 4.77. The van der Waals surface area contributed by atoms with Crippen LogP contribution in [0.3, 0.4) is 0 Å². The summed E-state index contributed by atoms with van der Waals surface area (Å²) in [6.07, 6.45) is 1.17. The number of rotatable bonds is 3. The van der Waals surface area contributed by atoms with Gasteiger partial charge in [-0.2, -0.15) is 0 Å². The smallest absolute Gasteiger partial charge is 0.115 e. The molecule has 2 aromatic carbocycles. The normalized spacial score (nSPS) is 18.0. The van der Waals surface area contributed by atoms with Crippen molar-refractivity contribution in [2.24, 2.45) is 0 Å². The molecule has 1 aliphatic rings. The lowest BCUT2D eigenvalue weighted by atomic mass is 10.0. The number of thioether (sulfide) groups is 1. The highest BCUT2D eigenvalue weighted by Gasteiger charge is 2.19. The van der Waals surface area contributed by atoms with E-state index in [1.807, 2.05) is 23.9 Å². The number of phenols is 1. The van der Waals surface area contributed by atoms with E-state index in [-0.39, 0.29) is 0 Å². The second kappa shape index (κ2) is 5.68. The molecular formula is C16H17NOS. The molecule has 2 nitrogen and oxygen atoms in total. The summed E-state index contributed by atoms with van der Waals surface area (Å²) in [6.45, 7) is 0.837. The van der Waals surface area contributed by atoms with Gasteiger partial charge in [0, 0.05) is 17.5 Å². The molecule has 1 atom stereocenters. The predicted octanol–water partition coefficient (Wildman–Crippen LogP) is 3.72. The summed E-state index contributed by atoms with van der Waals surface area (Å²) in [4.78, 5) is 1.40. The minimum Gasteiger partial charge on any atom is -0.508 e. The molecule has 0 saturated carbocycles. The van der Waals surface area contributed by atoms with E-state index in [0.717, 1.165) is 6.54 Å². The van der Waals surface area contributed by atoms with Crippen LogP contribution in [-0.2, 0) is 6.54 Å². The van der Waals surface area contributed by atoms with Gasteiger partial charge in [-0.1, -0.05) is 30.3 Å². The van der Waals surface area contributed by atoms with E-state index >= 15 is 0 Å². The van der Waals surface area contributed by atoms with Gasteiger partial charge in [0.05, 0.1) is 0 Å². The molecular weight excluding hydrogens is 254 g/mol. The van der Waals surface area contributed by atoms with E-state index in [4.69, 9.17) is 0 Å². The Morgan fingerprint density at radius 2 is 1.89 bits per heavy atom. The Kier molecular flexibility index (Phi) is 3.76. The van der Waals surface area contributed by atoms with Crippen molar-refractivity contribution < 1.29 is 5.11 Å². The number of nitrogens with one attached hydrogen (secondary N) is 1. The van der Waals surface area contributed by atoms with Gasteiger partial charge in [-0.25, -0.2) is 0 Å². The second-order valence-corrected chi connectivity index (χ2v) is 5.91. The SMILES string of the molecule is Oc1ccc(CNC2CCSc3ccccc32)cc1. The molecule has 0 spiro atoms. The highest BCUT2D eigenvalue weighted by Crippen LogP contribution is 2.35. The molecule has 1 unspecified atom stereocenters. The number of hydrogen-bond donors (Lipinski definition) is 2. The van der Waals surface area contributed by atoms with Crippen LogP contribution in [0.4, 0.5) is 0 Å². The van der Waals surface area contributed by atoms with Gasteiger partial charge >= 0.3 is 0 Å². The van der Waals surface area contributed by atoms with E-state index in [0.29, 0.717) is 11.8 Å². The standard InChI is InChI=1S/C16H17NOS/c18-13-7-5-12(6-8-13)11-17-15-9-10-19-16-4-2-1-3-14(15)16/h1-8,15,17-18H,9-11H2. The van der Waals surface area contributed by atoms with Crippen molar-refractivity contribution in [3.05, 3.63) is 59.7 Å². The van der Waals surface area contributed by atoms with Gasteiger partial charge in [-0.15, -0.1) is 11.8 Å². The van der Waals surface area contributed by atoms with Gasteiger partial charge in [0.15, 0.2) is 0 Å². The predicted molar refractivity (Wildman–Crippen MR) is 79.5 cm³/mol. The molecule has 0 aliphatic carbocycles. The van der Waals surface area contributed by atoms with Gasteiger partial charge in [0.1, 0.15) is 5.75 Å². The molecule has 0 fully saturated rings. The third-order valence-electron chi connectivity index (χ3n) is 3.45. The van der Waals surface area contributed by atoms with Crippen LogP contribution < -0.4 is 5.32 Å². The minimum atomic E-state index is 0.322. The average molecular weight is 271 g/mol. The van der Waals surface area contributed by atoms with E-state index in [1.165, 1.54) is 28.2 Å². The summed E-state index contributed by atoms with van der Waals surface area (Å²) >= 11 is 1.94. The Labute approximate surface area is 117 Å². The van der Waals surface area contributed by atoms with Gasteiger partial charge in [-0.3, -0.25) is 0 Å². The highest BCUT2D eigenvalue weighted by atomic mass is 32.2. The van der Waals surface area contributed by atoms with Gasteiger partial charge in [0.25, 0.3) is 0 Å². The zero-order chi connectivity index (χ0) is 13.1. The van der Waals surface area contributed by atoms with Crippen LogP contribution in [0.5, 0.6) is 5.75 Å². The molecule has 2 N–H and O–H groups in total. The summed E-state index contributed by atoms with van der Waals surface area (Å²) in [6, 6.07) is 16.5. The van der Waals surface area contributed by atoms with Crippen LogP contribution in [0, 0.1) is 0 Å². The molecule has 2 aromatic rings. The molecule has 0 radical (unpaired) electrons. The summed E-state index contributed by atoms with van der Waals surface area (Å²) in [5.74, 6) is 1.49. The third-order valence-corrected chi connectivity index (χ3v) is 4.57. The van der Waals surface area contributed by atoms with Crippen molar-refractivity contribution in [2.75, 3.05) is 5.75 Å². The lowest BCUT2D eigenvalue weighted by molar-refractivity contribution is 0.474. The molecule has 1 heterocycles. The maximum Gasteiger partial charge on any atom is 0.115 e. The van der Waals surface area contributed by atoms with Crippen molar-refractivity contribution in [1.29, 1.82) is 0 Å². The number of aromatic hydroxyl groups is 1. The van der Waals surface area contributed by atoms with Crippen molar-refractivity contribution >= 4 is 11.8 Å². The van der Waals surface area contributed by atoms with Crippen molar-refractivity contribution in [3.8, 4) is 5.75 Å². The highest BCUT2D eigenvalue weighted by molar-refractivity contribution is 7.99. The van der Waals surface area contributed by atoms with Crippen LogP contribution in [0.1, 0.15) is 23.6 Å². The number of hydrogen-bond acceptors (Lipinski definition) is 3. The van der Waals surface area contributed by atoms with E-state index < -0.39 is 0 Å². The van der Waals surface area contributed by atoms with Crippen LogP contribution in [0.15, 0.2) is 53.4 Å². The number of fused-ring (bicyclic) bond motifs is 1. The molecule has 98 valence electrons. The Hall–Kier alpha value is -1.45. The van der Waals surface area contributed by atoms with Crippen molar-refractivity contribution in [2.45, 2.75) is 23.9 Å². The van der Waals surface area contributed by atoms with Crippen LogP contribution in [0.2, 0.25) is 0 Å². The maximum atomic E-state index is 9.28. The topological polar surface area (TPSA) is 32.3 Å². The van der Waals surface area contributed by atoms with Crippen LogP contribution >= 0.6 is 11.8 Å². The van der Waals surface area contributed by atoms with Gasteiger partial charge in [0.2, 0.25) is 0 Å². The molecule has 0 bridgehead atoms. The Bertz CT molecular complexity index is 553. The van der Waals surface area contributed by atoms with Gasteiger partial charge in [-0.05, 0) is 41.5 Å². The van der Waals surface area contributed by atoms with Gasteiger partial charge < -0.3 is 10.4 Å². The fraction of sp³-hybridized carbons (Fsp3) is 0.250. The Morgan fingerprint density at radius 3 is 2.74 bits per heavy atom.